The number of hydrogen-bond acceptors (Lipinski definition) is 3. The van der Waals surface area contributed by atoms with Crippen molar-refractivity contribution >= 4 is 18.3 Å². The molecule has 5 heteroatoms. The van der Waals surface area contributed by atoms with E-state index < -0.39 is 0 Å². The number of rotatable bonds is 7. The molecule has 0 fully saturated rings. The molecular formula is C15H25ClN2O2. The van der Waals surface area contributed by atoms with Gasteiger partial charge in [-0.05, 0) is 24.1 Å². The van der Waals surface area contributed by atoms with Crippen LogP contribution in [0, 0.1) is 5.41 Å². The molecule has 114 valence electrons. The van der Waals surface area contributed by atoms with Crippen LogP contribution in [-0.2, 0) is 4.79 Å². The number of ether oxygens (including phenoxy) is 1. The smallest absolute Gasteiger partial charge is 0.225 e. The number of para-hydroxylation sites is 1. The Bertz CT molecular complexity index is 396. The first-order valence-corrected chi connectivity index (χ1v) is 6.56. The first-order chi connectivity index (χ1) is 8.94. The Morgan fingerprint density at radius 3 is 2.45 bits per heavy atom. The Morgan fingerprint density at radius 2 is 1.90 bits per heavy atom. The van der Waals surface area contributed by atoms with E-state index >= 15 is 0 Å². The van der Waals surface area contributed by atoms with Crippen molar-refractivity contribution in [1.29, 1.82) is 0 Å². The van der Waals surface area contributed by atoms with Crippen molar-refractivity contribution in [3.63, 3.8) is 0 Å². The predicted molar refractivity (Wildman–Crippen MR) is 84.3 cm³/mol. The van der Waals surface area contributed by atoms with Gasteiger partial charge in [-0.1, -0.05) is 32.0 Å². The van der Waals surface area contributed by atoms with Gasteiger partial charge in [0.05, 0.1) is 13.0 Å². The molecule has 0 aliphatic rings. The third-order valence-electron chi connectivity index (χ3n) is 2.97. The Hall–Kier alpha value is -1.26. The molecule has 0 spiro atoms. The summed E-state index contributed by atoms with van der Waals surface area (Å²) >= 11 is 0. The molecule has 0 heterocycles. The number of halogens is 1. The molecule has 0 aromatic heterocycles. The van der Waals surface area contributed by atoms with E-state index in [0.717, 1.165) is 5.75 Å². The minimum absolute atomic E-state index is 0. The van der Waals surface area contributed by atoms with E-state index in [-0.39, 0.29) is 23.7 Å². The number of amides is 1. The average Bonchev–Trinajstić information content (AvgIpc) is 2.39. The molecular weight excluding hydrogens is 276 g/mol. The number of carbonyl (C=O) groups is 1. The molecule has 0 aliphatic heterocycles. The van der Waals surface area contributed by atoms with Crippen molar-refractivity contribution in [3.8, 4) is 5.75 Å². The molecule has 0 radical (unpaired) electrons. The second kappa shape index (κ2) is 8.82. The zero-order chi connectivity index (χ0) is 14.3. The maximum Gasteiger partial charge on any atom is 0.225 e. The highest BCUT2D eigenvalue weighted by atomic mass is 35.5. The fraction of sp³-hybridized carbons (Fsp3) is 0.533. The third-order valence-corrected chi connectivity index (χ3v) is 2.97. The van der Waals surface area contributed by atoms with E-state index in [1.54, 1.807) is 4.90 Å². The summed E-state index contributed by atoms with van der Waals surface area (Å²) in [4.78, 5) is 13.7. The number of nitrogens with zero attached hydrogens (tertiary/aromatic N) is 1. The molecule has 0 bridgehead atoms. The van der Waals surface area contributed by atoms with Crippen LogP contribution < -0.4 is 10.5 Å². The Morgan fingerprint density at radius 1 is 1.30 bits per heavy atom. The highest BCUT2D eigenvalue weighted by Gasteiger charge is 2.20. The van der Waals surface area contributed by atoms with Gasteiger partial charge in [0.25, 0.3) is 0 Å². The zero-order valence-corrected chi connectivity index (χ0v) is 13.3. The van der Waals surface area contributed by atoms with Crippen molar-refractivity contribution in [2.45, 2.75) is 20.3 Å². The molecule has 0 saturated heterocycles. The SMILES string of the molecule is CN(CC(C)(C)CN)C(=O)CCOc1ccccc1.Cl. The lowest BCUT2D eigenvalue weighted by Crippen LogP contribution is -2.40. The van der Waals surface area contributed by atoms with Gasteiger partial charge in [0.1, 0.15) is 5.75 Å². The number of nitrogens with two attached hydrogens (primary N) is 1. The van der Waals surface area contributed by atoms with Crippen LogP contribution in [0.15, 0.2) is 30.3 Å². The lowest BCUT2D eigenvalue weighted by molar-refractivity contribution is -0.131. The standard InChI is InChI=1S/C15H24N2O2.ClH/c1-15(2,11-16)12-17(3)14(18)9-10-19-13-7-5-4-6-8-13;/h4-8H,9-12,16H2,1-3H3;1H. The maximum atomic E-state index is 11.9. The highest BCUT2D eigenvalue weighted by molar-refractivity contribution is 5.85. The largest absolute Gasteiger partial charge is 0.493 e. The van der Waals surface area contributed by atoms with E-state index in [0.29, 0.717) is 26.1 Å². The molecule has 2 N–H and O–H groups in total. The van der Waals surface area contributed by atoms with E-state index in [2.05, 4.69) is 13.8 Å². The van der Waals surface area contributed by atoms with Gasteiger partial charge >= 0.3 is 0 Å². The normalized spacial score (nSPS) is 10.6. The van der Waals surface area contributed by atoms with Crippen LogP contribution in [0.1, 0.15) is 20.3 Å². The van der Waals surface area contributed by atoms with Crippen LogP contribution in [0.2, 0.25) is 0 Å². The van der Waals surface area contributed by atoms with Crippen LogP contribution in [0.3, 0.4) is 0 Å². The maximum absolute atomic E-state index is 11.9. The molecule has 1 aromatic carbocycles. The molecule has 0 unspecified atom stereocenters. The molecule has 0 saturated carbocycles. The zero-order valence-electron chi connectivity index (χ0n) is 12.5. The lowest BCUT2D eigenvalue weighted by Gasteiger charge is -2.29. The van der Waals surface area contributed by atoms with Gasteiger partial charge in [-0.2, -0.15) is 0 Å². The number of benzene rings is 1. The van der Waals surface area contributed by atoms with Gasteiger partial charge in [-0.3, -0.25) is 4.79 Å². The van der Waals surface area contributed by atoms with Crippen LogP contribution in [0.25, 0.3) is 0 Å². The second-order valence-corrected chi connectivity index (χ2v) is 5.53. The lowest BCUT2D eigenvalue weighted by atomic mass is 9.93. The average molecular weight is 301 g/mol. The Balaban J connectivity index is 0.00000361. The first kappa shape index (κ1) is 18.7. The van der Waals surface area contributed by atoms with Crippen LogP contribution in [0.5, 0.6) is 5.75 Å². The van der Waals surface area contributed by atoms with Crippen molar-refractivity contribution in [2.75, 3.05) is 26.7 Å². The Kier molecular flexibility index (Phi) is 8.26. The third kappa shape index (κ3) is 6.78. The molecule has 0 atom stereocenters. The molecule has 4 nitrogen and oxygen atoms in total. The van der Waals surface area contributed by atoms with E-state index in [1.165, 1.54) is 0 Å². The van der Waals surface area contributed by atoms with Crippen LogP contribution >= 0.6 is 12.4 Å². The molecule has 1 aromatic rings. The summed E-state index contributed by atoms with van der Waals surface area (Å²) in [5.41, 5.74) is 5.62. The second-order valence-electron chi connectivity index (χ2n) is 5.53. The van der Waals surface area contributed by atoms with Gasteiger partial charge in [0.2, 0.25) is 5.91 Å². The van der Waals surface area contributed by atoms with Crippen molar-refractivity contribution in [2.24, 2.45) is 11.1 Å². The van der Waals surface area contributed by atoms with Crippen molar-refractivity contribution in [1.82, 2.24) is 4.90 Å². The fourth-order valence-corrected chi connectivity index (χ4v) is 1.76. The van der Waals surface area contributed by atoms with Gasteiger partial charge in [-0.25, -0.2) is 0 Å². The minimum Gasteiger partial charge on any atom is -0.493 e. The summed E-state index contributed by atoms with van der Waals surface area (Å²) in [6.45, 7) is 5.73. The van der Waals surface area contributed by atoms with Crippen LogP contribution in [0.4, 0.5) is 0 Å². The molecule has 20 heavy (non-hydrogen) atoms. The predicted octanol–water partition coefficient (Wildman–Crippen LogP) is 2.32. The minimum atomic E-state index is -0.0509. The van der Waals surface area contributed by atoms with Crippen molar-refractivity contribution in [3.05, 3.63) is 30.3 Å². The molecule has 1 amide bonds. The molecule has 1 rings (SSSR count). The highest BCUT2D eigenvalue weighted by Crippen LogP contribution is 2.14. The van der Waals surface area contributed by atoms with Gasteiger partial charge < -0.3 is 15.4 Å². The summed E-state index contributed by atoms with van der Waals surface area (Å²) in [5, 5.41) is 0. The number of carbonyl (C=O) groups excluding carboxylic acids is 1. The van der Waals surface area contributed by atoms with E-state index in [1.807, 2.05) is 37.4 Å². The van der Waals surface area contributed by atoms with E-state index in [9.17, 15) is 4.79 Å². The van der Waals surface area contributed by atoms with Crippen LogP contribution in [-0.4, -0.2) is 37.6 Å². The Labute approximate surface area is 127 Å². The first-order valence-electron chi connectivity index (χ1n) is 6.56. The van der Waals surface area contributed by atoms with Gasteiger partial charge in [0.15, 0.2) is 0 Å². The quantitative estimate of drug-likeness (QED) is 0.841. The summed E-state index contributed by atoms with van der Waals surface area (Å²) < 4.78 is 5.51. The van der Waals surface area contributed by atoms with E-state index in [4.69, 9.17) is 10.5 Å². The summed E-state index contributed by atoms with van der Waals surface area (Å²) in [6.07, 6.45) is 0.381. The monoisotopic (exact) mass is 300 g/mol. The van der Waals surface area contributed by atoms with Gasteiger partial charge in [-0.15, -0.1) is 12.4 Å². The summed E-state index contributed by atoms with van der Waals surface area (Å²) in [5.74, 6) is 0.873. The van der Waals surface area contributed by atoms with Crippen molar-refractivity contribution < 1.29 is 9.53 Å². The summed E-state index contributed by atoms with van der Waals surface area (Å²) in [7, 11) is 1.81. The summed E-state index contributed by atoms with van der Waals surface area (Å²) in [6, 6.07) is 9.51. The topological polar surface area (TPSA) is 55.6 Å². The fourth-order valence-electron chi connectivity index (χ4n) is 1.76. The number of hydrogen-bond donors (Lipinski definition) is 1. The molecule has 0 aliphatic carbocycles. The van der Waals surface area contributed by atoms with Gasteiger partial charge in [0, 0.05) is 13.6 Å².